The molecule has 1 heterocycles. The Bertz CT molecular complexity index is 488. The van der Waals surface area contributed by atoms with E-state index in [1.807, 2.05) is 24.3 Å². The first kappa shape index (κ1) is 12.8. The largest absolute Gasteiger partial charge is 0.339 e. The summed E-state index contributed by atoms with van der Waals surface area (Å²) >= 11 is 0. The molecule has 1 aromatic carbocycles. The van der Waals surface area contributed by atoms with Gasteiger partial charge in [0, 0.05) is 24.6 Å². The summed E-state index contributed by atoms with van der Waals surface area (Å²) in [7, 11) is 0. The molecule has 1 N–H and O–H groups in total. The van der Waals surface area contributed by atoms with Gasteiger partial charge < -0.3 is 9.84 Å². The van der Waals surface area contributed by atoms with E-state index in [4.69, 9.17) is 4.52 Å². The Kier molecular flexibility index (Phi) is 4.10. The molecule has 0 amide bonds. The van der Waals surface area contributed by atoms with Crippen LogP contribution in [-0.4, -0.2) is 22.7 Å². The molecule has 2 rings (SSSR count). The minimum atomic E-state index is 0.476. The Morgan fingerprint density at radius 2 is 1.94 bits per heavy atom. The number of aromatic nitrogens is 2. The highest BCUT2D eigenvalue weighted by Gasteiger charge is 2.08. The molecule has 18 heavy (non-hydrogen) atoms. The van der Waals surface area contributed by atoms with E-state index in [-0.39, 0.29) is 0 Å². The highest BCUT2D eigenvalue weighted by molar-refractivity contribution is 5.54. The Morgan fingerprint density at radius 3 is 2.61 bits per heavy atom. The molecule has 0 fully saturated rings. The second-order valence-corrected chi connectivity index (χ2v) is 4.74. The number of nitrogens with one attached hydrogen (secondary N) is 1. The molecule has 0 aliphatic heterocycles. The second kappa shape index (κ2) is 5.78. The highest BCUT2D eigenvalue weighted by Crippen LogP contribution is 2.16. The molecular weight excluding hydrogens is 226 g/mol. The molecular formula is C14H19N3O. The maximum atomic E-state index is 5.23. The first-order valence-electron chi connectivity index (χ1n) is 6.28. The van der Waals surface area contributed by atoms with Crippen molar-refractivity contribution in [2.24, 2.45) is 0 Å². The third-order valence-electron chi connectivity index (χ3n) is 2.67. The van der Waals surface area contributed by atoms with Crippen LogP contribution >= 0.6 is 0 Å². The average molecular weight is 245 g/mol. The Balaban J connectivity index is 1.99. The van der Waals surface area contributed by atoms with Crippen molar-refractivity contribution in [2.75, 3.05) is 6.54 Å². The van der Waals surface area contributed by atoms with Crippen LogP contribution < -0.4 is 5.32 Å². The molecule has 4 nitrogen and oxygen atoms in total. The predicted octanol–water partition coefficient (Wildman–Crippen LogP) is 2.59. The van der Waals surface area contributed by atoms with Gasteiger partial charge >= 0.3 is 0 Å². The summed E-state index contributed by atoms with van der Waals surface area (Å²) in [5.41, 5.74) is 2.22. The topological polar surface area (TPSA) is 51.0 Å². The quantitative estimate of drug-likeness (QED) is 0.879. The van der Waals surface area contributed by atoms with Crippen LogP contribution in [0.25, 0.3) is 11.4 Å². The zero-order valence-electron chi connectivity index (χ0n) is 11.1. The van der Waals surface area contributed by atoms with Crippen LogP contribution in [0.2, 0.25) is 0 Å². The van der Waals surface area contributed by atoms with E-state index in [0.717, 1.165) is 18.5 Å². The summed E-state index contributed by atoms with van der Waals surface area (Å²) in [5.74, 6) is 1.34. The highest BCUT2D eigenvalue weighted by atomic mass is 16.5. The van der Waals surface area contributed by atoms with Crippen molar-refractivity contribution >= 4 is 0 Å². The molecule has 0 saturated heterocycles. The van der Waals surface area contributed by atoms with E-state index in [0.29, 0.717) is 17.8 Å². The predicted molar refractivity (Wildman–Crippen MR) is 71.3 cm³/mol. The molecule has 0 radical (unpaired) electrons. The Morgan fingerprint density at radius 1 is 1.22 bits per heavy atom. The lowest BCUT2D eigenvalue weighted by molar-refractivity contribution is 0.374. The van der Waals surface area contributed by atoms with Gasteiger partial charge in [-0.3, -0.25) is 0 Å². The summed E-state index contributed by atoms with van der Waals surface area (Å²) in [4.78, 5) is 4.39. The third-order valence-corrected chi connectivity index (χ3v) is 2.67. The molecule has 0 aliphatic rings. The van der Waals surface area contributed by atoms with Crippen LogP contribution in [0, 0.1) is 6.92 Å². The van der Waals surface area contributed by atoms with Crippen LogP contribution in [0.1, 0.15) is 25.3 Å². The first-order valence-corrected chi connectivity index (χ1v) is 6.28. The van der Waals surface area contributed by atoms with E-state index in [1.165, 1.54) is 5.56 Å². The fraction of sp³-hybridized carbons (Fsp3) is 0.429. The molecule has 0 bridgehead atoms. The molecule has 0 aliphatic carbocycles. The lowest BCUT2D eigenvalue weighted by atomic mass is 10.1. The molecule has 0 unspecified atom stereocenters. The van der Waals surface area contributed by atoms with E-state index in [2.05, 4.69) is 36.2 Å². The minimum Gasteiger partial charge on any atom is -0.339 e. The molecule has 96 valence electrons. The van der Waals surface area contributed by atoms with Crippen molar-refractivity contribution < 1.29 is 4.52 Å². The molecule has 0 saturated carbocycles. The molecule has 1 aromatic heterocycles. The standard InChI is InChI=1S/C14H19N3O/c1-10(2)15-9-8-13-16-14(17-18-13)12-6-4-11(3)5-7-12/h4-7,10,15H,8-9H2,1-3H3. The minimum absolute atomic E-state index is 0.476. The summed E-state index contributed by atoms with van der Waals surface area (Å²) in [6.07, 6.45) is 0.761. The van der Waals surface area contributed by atoms with Crippen molar-refractivity contribution in [3.8, 4) is 11.4 Å². The number of hydrogen-bond donors (Lipinski definition) is 1. The molecule has 4 heteroatoms. The van der Waals surface area contributed by atoms with Gasteiger partial charge in [-0.25, -0.2) is 0 Å². The number of rotatable bonds is 5. The van der Waals surface area contributed by atoms with Crippen LogP contribution in [0.5, 0.6) is 0 Å². The van der Waals surface area contributed by atoms with Gasteiger partial charge in [-0.1, -0.05) is 48.8 Å². The van der Waals surface area contributed by atoms with Gasteiger partial charge in [-0.15, -0.1) is 0 Å². The number of aryl methyl sites for hydroxylation is 1. The maximum Gasteiger partial charge on any atom is 0.228 e. The third kappa shape index (κ3) is 3.40. The normalized spacial score (nSPS) is 11.1. The Labute approximate surface area is 107 Å². The number of benzene rings is 1. The Hall–Kier alpha value is -1.68. The van der Waals surface area contributed by atoms with Gasteiger partial charge in [0.2, 0.25) is 11.7 Å². The van der Waals surface area contributed by atoms with Crippen LogP contribution in [0.3, 0.4) is 0 Å². The van der Waals surface area contributed by atoms with Gasteiger partial charge in [-0.05, 0) is 6.92 Å². The molecule has 0 atom stereocenters. The van der Waals surface area contributed by atoms with Crippen LogP contribution in [-0.2, 0) is 6.42 Å². The van der Waals surface area contributed by atoms with Crippen molar-refractivity contribution in [1.82, 2.24) is 15.5 Å². The van der Waals surface area contributed by atoms with Gasteiger partial charge in [0.1, 0.15) is 0 Å². The van der Waals surface area contributed by atoms with Gasteiger partial charge in [0.25, 0.3) is 0 Å². The first-order chi connectivity index (χ1) is 8.65. The van der Waals surface area contributed by atoms with Crippen molar-refractivity contribution in [2.45, 2.75) is 33.2 Å². The monoisotopic (exact) mass is 245 g/mol. The summed E-state index contributed by atoms with van der Waals surface area (Å²) in [5, 5.41) is 7.32. The van der Waals surface area contributed by atoms with Crippen LogP contribution in [0.4, 0.5) is 0 Å². The summed E-state index contributed by atoms with van der Waals surface area (Å²) in [6.45, 7) is 7.15. The number of nitrogens with zero attached hydrogens (tertiary/aromatic N) is 2. The van der Waals surface area contributed by atoms with Crippen LogP contribution in [0.15, 0.2) is 28.8 Å². The zero-order chi connectivity index (χ0) is 13.0. The van der Waals surface area contributed by atoms with Gasteiger partial charge in [-0.2, -0.15) is 4.98 Å². The lowest BCUT2D eigenvalue weighted by Gasteiger charge is -2.04. The maximum absolute atomic E-state index is 5.23. The smallest absolute Gasteiger partial charge is 0.228 e. The van der Waals surface area contributed by atoms with Gasteiger partial charge in [0.05, 0.1) is 0 Å². The fourth-order valence-electron chi connectivity index (χ4n) is 1.64. The van der Waals surface area contributed by atoms with Gasteiger partial charge in [0.15, 0.2) is 0 Å². The molecule has 2 aromatic rings. The fourth-order valence-corrected chi connectivity index (χ4v) is 1.64. The van der Waals surface area contributed by atoms with Crippen molar-refractivity contribution in [1.29, 1.82) is 0 Å². The second-order valence-electron chi connectivity index (χ2n) is 4.74. The van der Waals surface area contributed by atoms with E-state index < -0.39 is 0 Å². The van der Waals surface area contributed by atoms with E-state index in [9.17, 15) is 0 Å². The summed E-state index contributed by atoms with van der Waals surface area (Å²) < 4.78 is 5.23. The number of hydrogen-bond acceptors (Lipinski definition) is 4. The van der Waals surface area contributed by atoms with Crippen molar-refractivity contribution in [3.63, 3.8) is 0 Å². The van der Waals surface area contributed by atoms with E-state index in [1.54, 1.807) is 0 Å². The summed E-state index contributed by atoms with van der Waals surface area (Å²) in [6, 6.07) is 8.59. The zero-order valence-corrected chi connectivity index (χ0v) is 11.1. The SMILES string of the molecule is Cc1ccc(-c2noc(CCNC(C)C)n2)cc1. The van der Waals surface area contributed by atoms with E-state index >= 15 is 0 Å². The molecule has 0 spiro atoms. The van der Waals surface area contributed by atoms with Crippen molar-refractivity contribution in [3.05, 3.63) is 35.7 Å². The lowest BCUT2D eigenvalue weighted by Crippen LogP contribution is -2.25. The average Bonchev–Trinajstić information content (AvgIpc) is 2.78.